The Bertz CT molecular complexity index is 401. The molecule has 1 atom stereocenters. The molecule has 0 aromatic heterocycles. The number of nitrogens with one attached hydrogen (secondary N) is 2. The molecule has 0 aromatic rings. The molecule has 6 nitrogen and oxygen atoms in total. The molecule has 1 fully saturated rings. The third-order valence-corrected chi connectivity index (χ3v) is 9.06. The number of amides is 2. The van der Waals surface area contributed by atoms with Crippen LogP contribution < -0.4 is 16.6 Å². The average Bonchev–Trinajstić information content (AvgIpc) is 2.29. The molecule has 122 valence electrons. The standard InChI is InChI=1S/C14H29N3O3Si/c1-9(20-21(5,6)14(2,3)4)12(18)16-17-13(19)10-7-11(15)8-10/h9-11H,7-8,15H2,1-6H3,(H,16,18)(H,17,19)/t9-,10-,11-/m1/s1. The number of hydrogen-bond donors (Lipinski definition) is 3. The van der Waals surface area contributed by atoms with E-state index in [9.17, 15) is 9.59 Å². The number of hydrogen-bond acceptors (Lipinski definition) is 4. The average molecular weight is 315 g/mol. The third-order valence-electron chi connectivity index (χ3n) is 4.50. The third kappa shape index (κ3) is 4.79. The normalized spacial score (nSPS) is 24.0. The van der Waals surface area contributed by atoms with Gasteiger partial charge in [-0.3, -0.25) is 20.4 Å². The Balaban J connectivity index is 2.39. The van der Waals surface area contributed by atoms with E-state index in [-0.39, 0.29) is 28.8 Å². The van der Waals surface area contributed by atoms with E-state index in [1.807, 2.05) is 0 Å². The van der Waals surface area contributed by atoms with Gasteiger partial charge in [0.25, 0.3) is 5.91 Å². The molecule has 21 heavy (non-hydrogen) atoms. The van der Waals surface area contributed by atoms with Crippen molar-refractivity contribution in [1.29, 1.82) is 0 Å². The van der Waals surface area contributed by atoms with Crippen LogP contribution >= 0.6 is 0 Å². The first-order valence-corrected chi connectivity index (χ1v) is 10.4. The van der Waals surface area contributed by atoms with E-state index in [0.29, 0.717) is 12.8 Å². The maximum atomic E-state index is 12.0. The van der Waals surface area contributed by atoms with Crippen LogP contribution in [0.4, 0.5) is 0 Å². The summed E-state index contributed by atoms with van der Waals surface area (Å²) in [5, 5.41) is 0.0346. The van der Waals surface area contributed by atoms with Gasteiger partial charge in [0.05, 0.1) is 0 Å². The first-order chi connectivity index (χ1) is 9.44. The number of carbonyl (C=O) groups excluding carboxylic acids is 2. The fourth-order valence-corrected chi connectivity index (χ4v) is 3.22. The summed E-state index contributed by atoms with van der Waals surface area (Å²) in [7, 11) is -2.00. The second-order valence-corrected chi connectivity index (χ2v) is 12.2. The molecular formula is C14H29N3O3Si. The lowest BCUT2D eigenvalue weighted by molar-refractivity contribution is -0.136. The summed E-state index contributed by atoms with van der Waals surface area (Å²) >= 11 is 0. The van der Waals surface area contributed by atoms with Crippen LogP contribution in [0.15, 0.2) is 0 Å². The Morgan fingerprint density at radius 1 is 1.24 bits per heavy atom. The highest BCUT2D eigenvalue weighted by atomic mass is 28.4. The van der Waals surface area contributed by atoms with Crippen molar-refractivity contribution < 1.29 is 14.0 Å². The van der Waals surface area contributed by atoms with Gasteiger partial charge in [-0.2, -0.15) is 0 Å². The van der Waals surface area contributed by atoms with E-state index >= 15 is 0 Å². The zero-order valence-corrected chi connectivity index (χ0v) is 14.9. The van der Waals surface area contributed by atoms with Crippen LogP contribution in [0.2, 0.25) is 18.1 Å². The lowest BCUT2D eigenvalue weighted by atomic mass is 9.80. The molecule has 0 aliphatic heterocycles. The van der Waals surface area contributed by atoms with E-state index in [1.165, 1.54) is 0 Å². The van der Waals surface area contributed by atoms with E-state index in [2.05, 4.69) is 44.7 Å². The van der Waals surface area contributed by atoms with Crippen molar-refractivity contribution in [2.24, 2.45) is 11.7 Å². The molecule has 1 saturated carbocycles. The summed E-state index contributed by atoms with van der Waals surface area (Å²) < 4.78 is 5.97. The Morgan fingerprint density at radius 2 is 1.76 bits per heavy atom. The summed E-state index contributed by atoms with van der Waals surface area (Å²) in [6.45, 7) is 12.2. The van der Waals surface area contributed by atoms with Crippen LogP contribution in [-0.4, -0.2) is 32.3 Å². The topological polar surface area (TPSA) is 93.5 Å². The van der Waals surface area contributed by atoms with Gasteiger partial charge in [0.2, 0.25) is 5.91 Å². The zero-order valence-electron chi connectivity index (χ0n) is 13.9. The van der Waals surface area contributed by atoms with Gasteiger partial charge in [-0.05, 0) is 37.9 Å². The summed E-state index contributed by atoms with van der Waals surface area (Å²) in [5.41, 5.74) is 10.5. The van der Waals surface area contributed by atoms with Crippen molar-refractivity contribution in [1.82, 2.24) is 10.9 Å². The molecule has 2 amide bonds. The summed E-state index contributed by atoms with van der Waals surface area (Å²) in [6.07, 6.45) is 0.768. The molecular weight excluding hydrogens is 286 g/mol. The van der Waals surface area contributed by atoms with Crippen molar-refractivity contribution in [2.45, 2.75) is 70.8 Å². The van der Waals surface area contributed by atoms with Gasteiger partial charge in [0.1, 0.15) is 6.10 Å². The van der Waals surface area contributed by atoms with E-state index in [4.69, 9.17) is 10.2 Å². The van der Waals surface area contributed by atoms with Gasteiger partial charge in [0, 0.05) is 12.0 Å². The van der Waals surface area contributed by atoms with Crippen LogP contribution in [0.1, 0.15) is 40.5 Å². The zero-order chi connectivity index (χ0) is 16.4. The SMILES string of the molecule is C[C@@H](O[Si](C)(C)C(C)(C)C)C(=O)NNC(=O)[C@H]1C[C@H](N)C1. The molecule has 7 heteroatoms. The van der Waals surface area contributed by atoms with E-state index in [1.54, 1.807) is 6.92 Å². The van der Waals surface area contributed by atoms with Crippen LogP contribution in [0.5, 0.6) is 0 Å². The Morgan fingerprint density at radius 3 is 2.19 bits per heavy atom. The fourth-order valence-electron chi connectivity index (χ4n) is 1.88. The molecule has 0 aromatic carbocycles. The van der Waals surface area contributed by atoms with Crippen LogP contribution in [0.25, 0.3) is 0 Å². The summed E-state index contributed by atoms with van der Waals surface area (Å²) in [5.74, 6) is -0.585. The van der Waals surface area contributed by atoms with Crippen LogP contribution in [-0.2, 0) is 14.0 Å². The molecule has 0 bridgehead atoms. The molecule has 0 radical (unpaired) electrons. The minimum Gasteiger partial charge on any atom is -0.405 e. The van der Waals surface area contributed by atoms with Crippen molar-refractivity contribution in [3.63, 3.8) is 0 Å². The van der Waals surface area contributed by atoms with Crippen LogP contribution in [0, 0.1) is 5.92 Å². The minimum absolute atomic E-state index is 0.0346. The first kappa shape index (κ1) is 18.1. The molecule has 4 N–H and O–H groups in total. The second-order valence-electron chi connectivity index (χ2n) is 7.43. The highest BCUT2D eigenvalue weighted by Crippen LogP contribution is 2.37. The smallest absolute Gasteiger partial charge is 0.265 e. The highest BCUT2D eigenvalue weighted by Gasteiger charge is 2.39. The summed E-state index contributed by atoms with van der Waals surface area (Å²) in [4.78, 5) is 23.7. The van der Waals surface area contributed by atoms with Gasteiger partial charge in [0.15, 0.2) is 8.32 Å². The van der Waals surface area contributed by atoms with Crippen molar-refractivity contribution in [3.8, 4) is 0 Å². The van der Waals surface area contributed by atoms with Crippen LogP contribution in [0.3, 0.4) is 0 Å². The van der Waals surface area contributed by atoms with Gasteiger partial charge in [-0.25, -0.2) is 0 Å². The lowest BCUT2D eigenvalue weighted by Gasteiger charge is -2.38. The molecule has 1 rings (SSSR count). The van der Waals surface area contributed by atoms with Crippen molar-refractivity contribution in [3.05, 3.63) is 0 Å². The Labute approximate surface area is 128 Å². The Kier molecular flexibility index (Phi) is 5.57. The molecule has 1 aliphatic carbocycles. The number of nitrogens with two attached hydrogens (primary N) is 1. The van der Waals surface area contributed by atoms with E-state index in [0.717, 1.165) is 0 Å². The first-order valence-electron chi connectivity index (χ1n) is 7.47. The van der Waals surface area contributed by atoms with Gasteiger partial charge in [-0.1, -0.05) is 20.8 Å². The maximum absolute atomic E-state index is 12.0. The predicted octanol–water partition coefficient (Wildman–Crippen LogP) is 1.28. The monoisotopic (exact) mass is 315 g/mol. The molecule has 0 saturated heterocycles. The van der Waals surface area contributed by atoms with Gasteiger partial charge >= 0.3 is 0 Å². The molecule has 1 aliphatic rings. The molecule has 0 spiro atoms. The van der Waals surface area contributed by atoms with Gasteiger partial charge in [-0.15, -0.1) is 0 Å². The largest absolute Gasteiger partial charge is 0.405 e. The lowest BCUT2D eigenvalue weighted by Crippen LogP contribution is -2.54. The second kappa shape index (κ2) is 6.45. The van der Waals surface area contributed by atoms with Gasteiger partial charge < -0.3 is 10.2 Å². The fraction of sp³-hybridized carbons (Fsp3) is 0.857. The predicted molar refractivity (Wildman–Crippen MR) is 84.7 cm³/mol. The number of carbonyl (C=O) groups is 2. The highest BCUT2D eigenvalue weighted by molar-refractivity contribution is 6.74. The molecule has 0 unspecified atom stereocenters. The summed E-state index contributed by atoms with van der Waals surface area (Å²) in [6, 6.07) is 0.109. The van der Waals surface area contributed by atoms with Crippen molar-refractivity contribution >= 4 is 20.1 Å². The Hall–Kier alpha value is -0.923. The quantitative estimate of drug-likeness (QED) is 0.538. The maximum Gasteiger partial charge on any atom is 0.265 e. The minimum atomic E-state index is -2.00. The number of hydrazine groups is 1. The molecule has 0 heterocycles. The van der Waals surface area contributed by atoms with E-state index < -0.39 is 14.4 Å². The van der Waals surface area contributed by atoms with Crippen molar-refractivity contribution in [2.75, 3.05) is 0 Å². The number of rotatable bonds is 4.